The second-order valence-corrected chi connectivity index (χ2v) is 5.24. The summed E-state index contributed by atoms with van der Waals surface area (Å²) in [5.74, 6) is 1.32. The molecule has 1 aromatic rings. The quantitative estimate of drug-likeness (QED) is 0.733. The molecule has 0 fully saturated rings. The molecule has 5 nitrogen and oxygen atoms in total. The van der Waals surface area contributed by atoms with Crippen molar-refractivity contribution in [3.05, 3.63) is 17.7 Å². The van der Waals surface area contributed by atoms with Gasteiger partial charge in [-0.3, -0.25) is 0 Å². The van der Waals surface area contributed by atoms with Crippen molar-refractivity contribution in [2.45, 2.75) is 33.4 Å². The topological polar surface area (TPSA) is 60.0 Å². The van der Waals surface area contributed by atoms with E-state index >= 15 is 0 Å². The second-order valence-electron chi connectivity index (χ2n) is 5.24. The molecule has 0 heterocycles. The van der Waals surface area contributed by atoms with Gasteiger partial charge in [0.25, 0.3) is 0 Å². The van der Waals surface area contributed by atoms with E-state index in [9.17, 15) is 5.11 Å². The summed E-state index contributed by atoms with van der Waals surface area (Å²) in [6, 6.07) is 3.89. The van der Waals surface area contributed by atoms with Gasteiger partial charge in [-0.05, 0) is 30.5 Å². The van der Waals surface area contributed by atoms with Crippen LogP contribution in [0.4, 0.5) is 0 Å². The first-order valence-corrected chi connectivity index (χ1v) is 7.28. The van der Waals surface area contributed by atoms with Crippen LogP contribution in [0.25, 0.3) is 0 Å². The molecule has 0 bridgehead atoms. The molecule has 2 N–H and O–H groups in total. The first-order valence-electron chi connectivity index (χ1n) is 7.28. The van der Waals surface area contributed by atoms with Crippen molar-refractivity contribution in [1.82, 2.24) is 5.32 Å². The Morgan fingerprint density at radius 3 is 2.14 bits per heavy atom. The van der Waals surface area contributed by atoms with Gasteiger partial charge in [-0.15, -0.1) is 0 Å². The molecule has 0 aliphatic carbocycles. The van der Waals surface area contributed by atoms with Crippen LogP contribution in [0.15, 0.2) is 12.1 Å². The highest BCUT2D eigenvalue weighted by Crippen LogP contribution is 2.37. The summed E-state index contributed by atoms with van der Waals surface area (Å²) in [4.78, 5) is 0. The highest BCUT2D eigenvalue weighted by molar-refractivity contribution is 5.52. The third-order valence-corrected chi connectivity index (χ3v) is 3.41. The number of phenols is 1. The summed E-state index contributed by atoms with van der Waals surface area (Å²) in [6.45, 7) is 8.37. The van der Waals surface area contributed by atoms with Crippen molar-refractivity contribution in [3.63, 3.8) is 0 Å². The molecule has 0 aromatic heterocycles. The van der Waals surface area contributed by atoms with Gasteiger partial charge >= 0.3 is 0 Å². The first-order chi connectivity index (χ1) is 10.0. The molecule has 0 radical (unpaired) electrons. The van der Waals surface area contributed by atoms with E-state index in [1.807, 2.05) is 19.1 Å². The number of benzene rings is 1. The van der Waals surface area contributed by atoms with Crippen molar-refractivity contribution < 1.29 is 19.3 Å². The molecule has 0 saturated carbocycles. The predicted octanol–water partition coefficient (Wildman–Crippen LogP) is 2.56. The van der Waals surface area contributed by atoms with Crippen molar-refractivity contribution >= 4 is 0 Å². The molecular formula is C16H27NO4. The summed E-state index contributed by atoms with van der Waals surface area (Å²) >= 11 is 0. The van der Waals surface area contributed by atoms with Crippen molar-refractivity contribution in [2.24, 2.45) is 5.92 Å². The maximum absolute atomic E-state index is 9.90. The fourth-order valence-electron chi connectivity index (χ4n) is 2.03. The fourth-order valence-corrected chi connectivity index (χ4v) is 2.03. The Hall–Kier alpha value is -1.46. The Bertz CT molecular complexity index is 409. The summed E-state index contributed by atoms with van der Waals surface area (Å²) in [5, 5.41) is 13.4. The van der Waals surface area contributed by atoms with E-state index in [2.05, 4.69) is 19.2 Å². The molecule has 0 spiro atoms. The van der Waals surface area contributed by atoms with E-state index in [1.54, 1.807) is 0 Å². The van der Waals surface area contributed by atoms with E-state index in [0.29, 0.717) is 37.2 Å². The third kappa shape index (κ3) is 5.10. The molecule has 120 valence electrons. The maximum Gasteiger partial charge on any atom is 0.200 e. The molecule has 1 aromatic carbocycles. The van der Waals surface area contributed by atoms with Gasteiger partial charge in [-0.2, -0.15) is 0 Å². The van der Waals surface area contributed by atoms with E-state index in [0.717, 1.165) is 5.56 Å². The van der Waals surface area contributed by atoms with Crippen LogP contribution in [-0.2, 0) is 11.3 Å². The molecule has 1 unspecified atom stereocenters. The van der Waals surface area contributed by atoms with Gasteiger partial charge in [0.05, 0.1) is 20.8 Å². The average molecular weight is 297 g/mol. The summed E-state index contributed by atoms with van der Waals surface area (Å²) < 4.78 is 15.8. The van der Waals surface area contributed by atoms with E-state index in [-0.39, 0.29) is 11.8 Å². The monoisotopic (exact) mass is 297 g/mol. The Labute approximate surface area is 127 Å². The lowest BCUT2D eigenvalue weighted by Crippen LogP contribution is -2.37. The number of hydrogen-bond donors (Lipinski definition) is 2. The number of phenolic OH excluding ortho intramolecular Hbond substituents is 1. The lowest BCUT2D eigenvalue weighted by atomic mass is 10.0. The van der Waals surface area contributed by atoms with Gasteiger partial charge in [0, 0.05) is 19.2 Å². The van der Waals surface area contributed by atoms with Crippen LogP contribution < -0.4 is 14.8 Å². The average Bonchev–Trinajstić information content (AvgIpc) is 2.48. The minimum Gasteiger partial charge on any atom is -0.502 e. The Morgan fingerprint density at radius 1 is 1.14 bits per heavy atom. The fraction of sp³-hybridized carbons (Fsp3) is 0.625. The maximum atomic E-state index is 9.90. The van der Waals surface area contributed by atoms with Gasteiger partial charge in [0.2, 0.25) is 5.75 Å². The number of ether oxygens (including phenoxy) is 3. The minimum atomic E-state index is 0.0264. The second kappa shape index (κ2) is 8.74. The number of hydrogen-bond acceptors (Lipinski definition) is 5. The van der Waals surface area contributed by atoms with Crippen LogP contribution in [0.3, 0.4) is 0 Å². The van der Waals surface area contributed by atoms with E-state index in [1.165, 1.54) is 14.2 Å². The van der Waals surface area contributed by atoms with E-state index < -0.39 is 0 Å². The van der Waals surface area contributed by atoms with Crippen LogP contribution in [-0.4, -0.2) is 38.6 Å². The highest BCUT2D eigenvalue weighted by atomic mass is 16.5. The molecule has 5 heteroatoms. The Balaban J connectivity index is 2.77. The highest BCUT2D eigenvalue weighted by Gasteiger charge is 2.15. The van der Waals surface area contributed by atoms with Gasteiger partial charge in [-0.25, -0.2) is 0 Å². The van der Waals surface area contributed by atoms with Gasteiger partial charge < -0.3 is 24.6 Å². The molecule has 0 amide bonds. The summed E-state index contributed by atoms with van der Waals surface area (Å²) in [7, 11) is 3.05. The predicted molar refractivity (Wildman–Crippen MR) is 83.2 cm³/mol. The van der Waals surface area contributed by atoms with Crippen molar-refractivity contribution in [2.75, 3.05) is 27.4 Å². The molecule has 0 saturated heterocycles. The Morgan fingerprint density at radius 2 is 1.71 bits per heavy atom. The molecule has 1 rings (SSSR count). The Kier molecular flexibility index (Phi) is 7.32. The molecule has 1 atom stereocenters. The SMILES string of the molecule is CCOCC(NCc1cc(OC)c(O)c(OC)c1)C(C)C. The smallest absolute Gasteiger partial charge is 0.200 e. The summed E-state index contributed by atoms with van der Waals surface area (Å²) in [6.07, 6.45) is 0. The summed E-state index contributed by atoms with van der Waals surface area (Å²) in [5.41, 5.74) is 0.989. The van der Waals surface area contributed by atoms with Crippen molar-refractivity contribution in [1.29, 1.82) is 0 Å². The first kappa shape index (κ1) is 17.6. The van der Waals surface area contributed by atoms with Gasteiger partial charge in [-0.1, -0.05) is 13.8 Å². The zero-order valence-corrected chi connectivity index (χ0v) is 13.6. The van der Waals surface area contributed by atoms with Crippen LogP contribution in [0.5, 0.6) is 17.2 Å². The lowest BCUT2D eigenvalue weighted by molar-refractivity contribution is 0.108. The normalized spacial score (nSPS) is 12.5. The lowest BCUT2D eigenvalue weighted by Gasteiger charge is -2.22. The van der Waals surface area contributed by atoms with Crippen LogP contribution >= 0.6 is 0 Å². The zero-order valence-electron chi connectivity index (χ0n) is 13.6. The number of rotatable bonds is 9. The van der Waals surface area contributed by atoms with E-state index in [4.69, 9.17) is 14.2 Å². The zero-order chi connectivity index (χ0) is 15.8. The van der Waals surface area contributed by atoms with Crippen LogP contribution in [0.2, 0.25) is 0 Å². The third-order valence-electron chi connectivity index (χ3n) is 3.41. The van der Waals surface area contributed by atoms with Crippen LogP contribution in [0.1, 0.15) is 26.3 Å². The number of methoxy groups -OCH3 is 2. The number of aromatic hydroxyl groups is 1. The minimum absolute atomic E-state index is 0.0264. The van der Waals surface area contributed by atoms with Gasteiger partial charge in [0.1, 0.15) is 0 Å². The van der Waals surface area contributed by atoms with Crippen LogP contribution in [0, 0.1) is 5.92 Å². The molecule has 21 heavy (non-hydrogen) atoms. The molecule has 0 aliphatic heterocycles. The van der Waals surface area contributed by atoms with Crippen molar-refractivity contribution in [3.8, 4) is 17.2 Å². The number of nitrogens with one attached hydrogen (secondary N) is 1. The molecular weight excluding hydrogens is 270 g/mol. The van der Waals surface area contributed by atoms with Gasteiger partial charge in [0.15, 0.2) is 11.5 Å². The molecule has 0 aliphatic rings. The largest absolute Gasteiger partial charge is 0.502 e. The standard InChI is InChI=1S/C16H27NO4/c1-6-21-10-13(11(2)3)17-9-12-7-14(19-4)16(18)15(8-12)20-5/h7-8,11,13,17-18H,6,9-10H2,1-5H3.